The number of anilines is 2. The number of alkyl halides is 4. The number of piperazine rings is 3. The maximum absolute atomic E-state index is 16.5. The van der Waals surface area contributed by atoms with E-state index >= 15 is 26.3 Å². The third-order valence-electron chi connectivity index (χ3n) is 32.0. The molecular weight excluding hydrogens is 1670 g/mol. The molecule has 22 unspecified atom stereocenters. The number of rotatable bonds is 9. The minimum atomic E-state index is -1.23. The Morgan fingerprint density at radius 3 is 1.55 bits per heavy atom. The maximum atomic E-state index is 16.5. The molecule has 13 fully saturated rings. The van der Waals surface area contributed by atoms with Crippen molar-refractivity contribution in [2.45, 2.75) is 300 Å². The molecule has 0 spiro atoms. The first-order valence-electron chi connectivity index (χ1n) is 49.0. The van der Waals surface area contributed by atoms with Crippen molar-refractivity contribution >= 4 is 52.3 Å². The van der Waals surface area contributed by atoms with E-state index in [1.807, 2.05) is 46.7 Å². The van der Waals surface area contributed by atoms with Crippen LogP contribution in [0.2, 0.25) is 0 Å². The Bertz CT molecular complexity index is 4660. The summed E-state index contributed by atoms with van der Waals surface area (Å²) >= 11 is 0. The number of hydrogen-bond donors (Lipinski definition) is 9. The van der Waals surface area contributed by atoms with E-state index in [4.69, 9.17) is 4.98 Å². The van der Waals surface area contributed by atoms with Gasteiger partial charge in [-0.15, -0.1) is 0 Å². The van der Waals surface area contributed by atoms with E-state index in [0.717, 1.165) is 102 Å². The first-order valence-corrected chi connectivity index (χ1v) is 49.0. The van der Waals surface area contributed by atoms with Crippen LogP contribution in [0.25, 0.3) is 28.0 Å². The molecule has 14 heterocycles. The highest BCUT2D eigenvalue weighted by atomic mass is 19.2. The summed E-state index contributed by atoms with van der Waals surface area (Å²) in [6.45, 7) is 39.8. The number of carbonyl (C=O) groups is 5. The summed E-state index contributed by atoms with van der Waals surface area (Å²) in [6.07, 6.45) is 9.81. The number of nitrogens with one attached hydrogen (secondary N) is 9. The fourth-order valence-electron chi connectivity index (χ4n) is 25.7. The molecule has 2 aliphatic carbocycles. The number of aryl methyl sites for hydroxylation is 1. The summed E-state index contributed by atoms with van der Waals surface area (Å²) in [5.74, 6) is -1.48. The summed E-state index contributed by atoms with van der Waals surface area (Å²) in [7, 11) is 0. The molecule has 2 saturated carbocycles. The highest BCUT2D eigenvalue weighted by molar-refractivity contribution is 5.93. The van der Waals surface area contributed by atoms with Gasteiger partial charge in [0.15, 0.2) is 11.5 Å². The van der Waals surface area contributed by atoms with Crippen molar-refractivity contribution in [3.05, 3.63) is 114 Å². The van der Waals surface area contributed by atoms with Crippen LogP contribution in [0, 0.1) is 59.0 Å². The molecule has 4 aromatic rings. The molecule has 7 amide bonds. The lowest BCUT2D eigenvalue weighted by Crippen LogP contribution is -2.80. The van der Waals surface area contributed by atoms with E-state index in [9.17, 15) is 28.8 Å². The summed E-state index contributed by atoms with van der Waals surface area (Å²) in [5, 5.41) is 32.5. The van der Waals surface area contributed by atoms with Crippen molar-refractivity contribution in [3.8, 4) is 16.9 Å². The number of amides is 7. The fraction of sp³-hybridized carbons (Fsp3) is 0.694. The number of nitrogens with zero attached hydrogens (tertiary/aromatic N) is 11. The van der Waals surface area contributed by atoms with E-state index in [1.165, 1.54) is 34.9 Å². The Hall–Kier alpha value is -8.24. The Labute approximate surface area is 763 Å². The lowest BCUT2D eigenvalue weighted by Gasteiger charge is -2.60. The zero-order valence-corrected chi connectivity index (χ0v) is 77.8. The van der Waals surface area contributed by atoms with Gasteiger partial charge in [0.25, 0.3) is 0 Å². The van der Waals surface area contributed by atoms with Gasteiger partial charge in [0, 0.05) is 149 Å². The van der Waals surface area contributed by atoms with Crippen LogP contribution in [0.1, 0.15) is 183 Å². The van der Waals surface area contributed by atoms with Gasteiger partial charge in [-0.2, -0.15) is 4.98 Å². The first-order chi connectivity index (χ1) is 62.5. The van der Waals surface area contributed by atoms with Crippen molar-refractivity contribution in [1.29, 1.82) is 0 Å². The van der Waals surface area contributed by atoms with Gasteiger partial charge < -0.3 is 66.6 Å². The lowest BCUT2D eigenvalue weighted by atomic mass is 9.71. The molecule has 0 radical (unpaired) electrons. The lowest BCUT2D eigenvalue weighted by molar-refractivity contribution is -0.133. The van der Waals surface area contributed by atoms with Crippen LogP contribution in [0.4, 0.5) is 47.4 Å². The van der Waals surface area contributed by atoms with Crippen LogP contribution >= 0.6 is 0 Å². The highest BCUT2D eigenvalue weighted by Gasteiger charge is 2.61. The smallest absolute Gasteiger partial charge is 0.355 e. The Kier molecular flexibility index (Phi) is 29.6. The maximum Gasteiger partial charge on any atom is 0.355 e. The van der Waals surface area contributed by atoms with Crippen molar-refractivity contribution in [3.63, 3.8) is 0 Å². The number of para-hydroxylation sites is 1. The van der Waals surface area contributed by atoms with Gasteiger partial charge >= 0.3 is 17.8 Å². The number of pyridine rings is 1. The molecule has 26 nitrogen and oxygen atoms in total. The van der Waals surface area contributed by atoms with E-state index in [-0.39, 0.29) is 156 Å². The van der Waals surface area contributed by atoms with Crippen LogP contribution in [-0.2, 0) is 20.8 Å². The second-order valence-electron chi connectivity index (χ2n) is 40.8. The standard InChI is InChI=1S/C34H36F2N6O2.2C32H53F2N7O2/c1-6-28(43)40-17-21(5)41(18-20(40)4)32-24-16-26(36)30-29-25(35)13-8-14-27(29)37-15-9-11-22-10-7-12-23(19(2)3)31(22)42(33(24)38-30)34(44)39-32;2*1-5-25(42)39-14-15-40(19(4)17-39)30-21-16-23(34)28-26-22(33)9-6-10-24(26)35-12-7-8-20-11-13-36-27(18(2)3)29(20)41(31(21)37-28)32(43)38-30/h6-8,10,12-14,16,19-21,37H,1,9,11,15,17-18H2,2-5H3;2*5,18-24,26-31,35-37H,1,6-17H2,2-4H3,(H,38,43)/t20-,21+;2*19-,20?,21?,22?,23?,24?,26?,27?,28?,29?,30?,31?/m100/s1. The summed E-state index contributed by atoms with van der Waals surface area (Å²) in [4.78, 5) is 105. The van der Waals surface area contributed by atoms with Crippen molar-refractivity contribution < 1.29 is 50.3 Å². The first kappa shape index (κ1) is 94.9. The van der Waals surface area contributed by atoms with E-state index < -0.39 is 78.3 Å². The van der Waals surface area contributed by atoms with Gasteiger partial charge in [-0.1, -0.05) is 85.5 Å². The molecule has 12 aliphatic heterocycles. The van der Waals surface area contributed by atoms with E-state index in [0.29, 0.717) is 125 Å². The zero-order valence-electron chi connectivity index (χ0n) is 77.8. The molecule has 2 aromatic carbocycles. The molecule has 130 heavy (non-hydrogen) atoms. The van der Waals surface area contributed by atoms with Gasteiger partial charge in [-0.25, -0.2) is 50.3 Å². The van der Waals surface area contributed by atoms with Gasteiger partial charge in [-0.3, -0.25) is 34.8 Å². The van der Waals surface area contributed by atoms with Crippen LogP contribution in [0.15, 0.2) is 85.2 Å². The molecular formula is C98H142F6N20O6. The number of piperidine rings is 4. The number of hydrogen-bond acceptors (Lipinski definition) is 18. The topological polar surface area (TPSA) is 267 Å². The van der Waals surface area contributed by atoms with E-state index in [2.05, 4.69) is 138 Å². The number of fused-ring (bicyclic) bond motifs is 15. The summed E-state index contributed by atoms with van der Waals surface area (Å²) in [6, 6.07) is 9.78. The average Bonchev–Trinajstić information content (AvgIpc) is 0.738. The largest absolute Gasteiger partial charge is 0.384 e. The molecule has 26 atom stereocenters. The third kappa shape index (κ3) is 18.7. The predicted octanol–water partition coefficient (Wildman–Crippen LogP) is 11.0. The Balaban J connectivity index is 0.000000143. The molecule has 14 aliphatic rings. The monoisotopic (exact) mass is 1810 g/mol. The number of halogens is 6. The molecule has 2 aromatic heterocycles. The fourth-order valence-corrected chi connectivity index (χ4v) is 25.7. The SMILES string of the molecule is C=CC(=O)N1CCN(C2NC(=O)N3C4NC(C(F)CC42)C2C(F)CCCC2NCCCC2CCNC(C(C)C)C23)[C@@H](C)C1.C=CC(=O)N1CCN(C2NC(=O)N3C4NC(C(F)CC42)C2C(F)CCCC2NCCCC2CCNC(C(C)C)C23)[C@@H](C)C1.C=CC(=O)N1C[C@H](C)N(c2nc(=O)n3c4nc(c(F)cc24)-c2c(F)cccc2NCCCc2cccc(C(C)C)c2-3)C[C@H]1C. The van der Waals surface area contributed by atoms with Crippen LogP contribution in [-0.4, -0.2) is 286 Å². The van der Waals surface area contributed by atoms with Crippen molar-refractivity contribution in [2.75, 3.05) is 95.3 Å². The predicted molar refractivity (Wildman–Crippen MR) is 495 cm³/mol. The van der Waals surface area contributed by atoms with Crippen LogP contribution in [0.5, 0.6) is 0 Å². The minimum absolute atomic E-state index is 0.0146. The molecule has 712 valence electrons. The van der Waals surface area contributed by atoms with Gasteiger partial charge in [0.1, 0.15) is 42.0 Å². The molecule has 32 heteroatoms. The molecule has 9 N–H and O–H groups in total. The van der Waals surface area contributed by atoms with Gasteiger partial charge in [0.2, 0.25) is 17.7 Å². The zero-order chi connectivity index (χ0) is 92.1. The molecule has 11 saturated heterocycles. The normalized spacial score (nSPS) is 35.6. The third-order valence-corrected chi connectivity index (χ3v) is 32.0. The number of carbonyl (C=O) groups excluding carboxylic acids is 5. The molecule has 6 bridgehead atoms. The summed E-state index contributed by atoms with van der Waals surface area (Å²) < 4.78 is 97.7. The number of benzene rings is 2. The highest BCUT2D eigenvalue weighted by Crippen LogP contribution is 2.48. The minimum Gasteiger partial charge on any atom is -0.384 e. The van der Waals surface area contributed by atoms with E-state index in [1.54, 1.807) is 26.8 Å². The van der Waals surface area contributed by atoms with Crippen LogP contribution < -0.4 is 58.4 Å². The van der Waals surface area contributed by atoms with Crippen molar-refractivity contribution in [1.82, 2.24) is 91.4 Å². The second kappa shape index (κ2) is 40.5. The second-order valence-corrected chi connectivity index (χ2v) is 40.8. The van der Waals surface area contributed by atoms with Crippen LogP contribution in [0.3, 0.4) is 0 Å². The average molecular weight is 1810 g/mol. The number of urea groups is 2. The van der Waals surface area contributed by atoms with Gasteiger partial charge in [0.05, 0.1) is 53.4 Å². The number of aromatic nitrogens is 3. The van der Waals surface area contributed by atoms with Gasteiger partial charge in [-0.05, 0) is 234 Å². The summed E-state index contributed by atoms with van der Waals surface area (Å²) in [5.41, 5.74) is 2.46. The van der Waals surface area contributed by atoms with Crippen molar-refractivity contribution in [2.24, 2.45) is 47.3 Å². The Morgan fingerprint density at radius 1 is 0.523 bits per heavy atom. The quantitative estimate of drug-likeness (QED) is 0.0557. The Morgan fingerprint density at radius 2 is 1.05 bits per heavy atom. The molecule has 18 rings (SSSR count).